The molecule has 2 aromatic rings. The van der Waals surface area contributed by atoms with E-state index in [1.165, 1.54) is 6.20 Å². The van der Waals surface area contributed by atoms with Gasteiger partial charge in [0, 0.05) is 38.6 Å². The Morgan fingerprint density at radius 2 is 1.82 bits per heavy atom. The third-order valence-electron chi connectivity index (χ3n) is 4.73. The van der Waals surface area contributed by atoms with Gasteiger partial charge in [0.15, 0.2) is 5.75 Å². The average Bonchev–Trinajstić information content (AvgIpc) is 2.81. The molecular weight excluding hydrogens is 447 g/mol. The number of rotatable bonds is 8. The second-order valence-corrected chi connectivity index (χ2v) is 6.87. The van der Waals surface area contributed by atoms with Gasteiger partial charge in [0.1, 0.15) is 6.61 Å². The predicted octanol–water partition coefficient (Wildman–Crippen LogP) is 1.26. The van der Waals surface area contributed by atoms with Crippen molar-refractivity contribution in [2.75, 3.05) is 50.9 Å². The number of halogens is 3. The molecule has 0 aliphatic carbocycles. The lowest BCUT2D eigenvalue weighted by Gasteiger charge is -2.34. The first-order valence-corrected chi connectivity index (χ1v) is 9.87. The van der Waals surface area contributed by atoms with Crippen molar-refractivity contribution in [2.45, 2.75) is 12.6 Å². The Balaban J connectivity index is 1.34. The van der Waals surface area contributed by atoms with Gasteiger partial charge >= 0.3 is 6.18 Å². The summed E-state index contributed by atoms with van der Waals surface area (Å²) in [6, 6.07) is 0. The lowest BCUT2D eigenvalue weighted by molar-refractivity contribution is -0.138. The van der Waals surface area contributed by atoms with E-state index in [1.807, 2.05) is 0 Å². The minimum Gasteiger partial charge on any atom is -0.500 e. The molecule has 0 unspecified atom stereocenters. The second kappa shape index (κ2) is 10.7. The summed E-state index contributed by atoms with van der Waals surface area (Å²) in [4.78, 5) is 37.8. The van der Waals surface area contributed by atoms with Crippen LogP contribution in [0, 0.1) is 6.57 Å². The summed E-state index contributed by atoms with van der Waals surface area (Å²) in [7, 11) is 0. The van der Waals surface area contributed by atoms with E-state index in [0.717, 1.165) is 12.4 Å². The van der Waals surface area contributed by atoms with Crippen molar-refractivity contribution in [1.82, 2.24) is 25.1 Å². The van der Waals surface area contributed by atoms with Crippen molar-refractivity contribution in [3.05, 3.63) is 45.9 Å². The van der Waals surface area contributed by atoms with Crippen LogP contribution in [0.4, 0.5) is 24.8 Å². The Hall–Kier alpha value is -3.73. The molecule has 2 aromatic heterocycles. The molecule has 1 N–H and O–H groups in total. The topological polar surface area (TPSA) is 118 Å². The largest absolute Gasteiger partial charge is 0.500 e. The predicted molar refractivity (Wildman–Crippen MR) is 108 cm³/mol. The normalized spacial score (nSPS) is 14.1. The minimum absolute atomic E-state index is 0.0586. The SMILES string of the molecule is [C-]#[N+]c1c(OCCOCCC(=O)N2CCN(c3ncc(C(F)(F)F)cn3)CC2)cn[nH]c1=O. The summed E-state index contributed by atoms with van der Waals surface area (Å²) < 4.78 is 48.5. The van der Waals surface area contributed by atoms with E-state index in [4.69, 9.17) is 16.0 Å². The molecule has 33 heavy (non-hydrogen) atoms. The molecule has 1 amide bonds. The number of anilines is 1. The smallest absolute Gasteiger partial charge is 0.419 e. The maximum absolute atomic E-state index is 12.6. The number of H-pyrrole nitrogens is 1. The third-order valence-corrected chi connectivity index (χ3v) is 4.73. The van der Waals surface area contributed by atoms with Gasteiger partial charge in [-0.25, -0.2) is 14.8 Å². The van der Waals surface area contributed by atoms with Crippen LogP contribution in [0.2, 0.25) is 0 Å². The molecule has 11 nitrogen and oxygen atoms in total. The molecule has 1 saturated heterocycles. The van der Waals surface area contributed by atoms with Crippen LogP contribution in [0.25, 0.3) is 4.85 Å². The number of nitrogens with one attached hydrogen (secondary N) is 1. The molecule has 1 aliphatic rings. The van der Waals surface area contributed by atoms with Crippen LogP contribution in [0.1, 0.15) is 12.0 Å². The molecule has 0 saturated carbocycles. The van der Waals surface area contributed by atoms with E-state index in [-0.39, 0.29) is 49.5 Å². The molecule has 0 bridgehead atoms. The standard InChI is InChI=1S/C19H20F3N7O4/c1-23-16-14(12-26-27-17(16)31)33-9-8-32-7-2-15(30)28-3-5-29(6-4-28)18-24-10-13(11-25-18)19(20,21)22/h10-12H,2-9H2,(H,27,31). The molecule has 0 aromatic carbocycles. The van der Waals surface area contributed by atoms with Crippen LogP contribution < -0.4 is 15.2 Å². The molecule has 176 valence electrons. The number of carbonyl (C=O) groups excluding carboxylic acids is 1. The molecule has 0 spiro atoms. The van der Waals surface area contributed by atoms with Crippen LogP contribution in [-0.2, 0) is 15.7 Å². The van der Waals surface area contributed by atoms with Crippen LogP contribution in [0.3, 0.4) is 0 Å². The molecule has 1 fully saturated rings. The zero-order valence-electron chi connectivity index (χ0n) is 17.3. The van der Waals surface area contributed by atoms with E-state index in [1.54, 1.807) is 9.80 Å². The minimum atomic E-state index is -4.49. The van der Waals surface area contributed by atoms with E-state index in [0.29, 0.717) is 26.2 Å². The summed E-state index contributed by atoms with van der Waals surface area (Å²) in [5, 5.41) is 5.71. The van der Waals surface area contributed by atoms with Crippen molar-refractivity contribution in [2.24, 2.45) is 0 Å². The van der Waals surface area contributed by atoms with Crippen molar-refractivity contribution in [3.8, 4) is 5.75 Å². The van der Waals surface area contributed by atoms with Gasteiger partial charge in [-0.2, -0.15) is 18.3 Å². The van der Waals surface area contributed by atoms with E-state index in [9.17, 15) is 22.8 Å². The first kappa shape index (κ1) is 23.9. The fourth-order valence-electron chi connectivity index (χ4n) is 3.00. The van der Waals surface area contributed by atoms with Crippen LogP contribution in [0.15, 0.2) is 23.4 Å². The van der Waals surface area contributed by atoms with E-state index in [2.05, 4.69) is 25.0 Å². The van der Waals surface area contributed by atoms with E-state index >= 15 is 0 Å². The zero-order valence-corrected chi connectivity index (χ0v) is 17.3. The Kier molecular flexibility index (Phi) is 7.78. The molecule has 3 rings (SSSR count). The lowest BCUT2D eigenvalue weighted by Crippen LogP contribution is -2.49. The van der Waals surface area contributed by atoms with Gasteiger partial charge in [-0.1, -0.05) is 0 Å². The molecule has 0 atom stereocenters. The van der Waals surface area contributed by atoms with Gasteiger partial charge in [0.05, 0.1) is 38.0 Å². The monoisotopic (exact) mass is 467 g/mol. The maximum atomic E-state index is 12.6. The Labute approximate surface area is 186 Å². The molecule has 1 aliphatic heterocycles. The highest BCUT2D eigenvalue weighted by atomic mass is 19.4. The summed E-state index contributed by atoms with van der Waals surface area (Å²) in [6.45, 7) is 8.95. The quantitative estimate of drug-likeness (QED) is 0.456. The molecule has 14 heteroatoms. The summed E-state index contributed by atoms with van der Waals surface area (Å²) in [5.41, 5.74) is -1.74. The number of ether oxygens (including phenoxy) is 2. The first-order valence-electron chi connectivity index (χ1n) is 9.87. The number of alkyl halides is 3. The van der Waals surface area contributed by atoms with Gasteiger partial charge in [0.2, 0.25) is 11.9 Å². The number of carbonyl (C=O) groups is 1. The molecule has 3 heterocycles. The van der Waals surface area contributed by atoms with Crippen LogP contribution >= 0.6 is 0 Å². The van der Waals surface area contributed by atoms with Gasteiger partial charge in [0.25, 0.3) is 11.2 Å². The summed E-state index contributed by atoms with van der Waals surface area (Å²) >= 11 is 0. The highest BCUT2D eigenvalue weighted by Crippen LogP contribution is 2.28. The zero-order chi connectivity index (χ0) is 23.8. The van der Waals surface area contributed by atoms with Crippen molar-refractivity contribution < 1.29 is 27.4 Å². The van der Waals surface area contributed by atoms with Crippen molar-refractivity contribution >= 4 is 17.5 Å². The Morgan fingerprint density at radius 1 is 1.12 bits per heavy atom. The number of aromatic nitrogens is 4. The summed E-state index contributed by atoms with van der Waals surface area (Å²) in [6.07, 6.45) is -1.62. The van der Waals surface area contributed by atoms with Crippen molar-refractivity contribution in [1.29, 1.82) is 0 Å². The molecular formula is C19H20F3N7O4. The Morgan fingerprint density at radius 3 is 2.45 bits per heavy atom. The number of piperazine rings is 1. The van der Waals surface area contributed by atoms with Gasteiger partial charge in [-0.05, 0) is 0 Å². The van der Waals surface area contributed by atoms with Crippen LogP contribution in [-0.4, -0.2) is 77.0 Å². The Bertz CT molecular complexity index is 1050. The number of hydrogen-bond donors (Lipinski definition) is 1. The van der Waals surface area contributed by atoms with Gasteiger partial charge in [-0.3, -0.25) is 14.7 Å². The van der Waals surface area contributed by atoms with Gasteiger partial charge in [-0.15, -0.1) is 0 Å². The average molecular weight is 467 g/mol. The lowest BCUT2D eigenvalue weighted by atomic mass is 10.3. The number of hydrogen-bond acceptors (Lipinski definition) is 8. The van der Waals surface area contributed by atoms with Crippen molar-refractivity contribution in [3.63, 3.8) is 0 Å². The van der Waals surface area contributed by atoms with E-state index < -0.39 is 17.3 Å². The first-order chi connectivity index (χ1) is 15.8. The van der Waals surface area contributed by atoms with Crippen LogP contribution in [0.5, 0.6) is 5.75 Å². The second-order valence-electron chi connectivity index (χ2n) is 6.87. The number of amides is 1. The fourth-order valence-corrected chi connectivity index (χ4v) is 3.00. The summed E-state index contributed by atoms with van der Waals surface area (Å²) in [5.74, 6) is 0.136. The third kappa shape index (κ3) is 6.39. The number of nitrogens with zero attached hydrogens (tertiary/aromatic N) is 6. The maximum Gasteiger partial charge on any atom is 0.419 e. The molecule has 0 radical (unpaired) electrons. The van der Waals surface area contributed by atoms with Gasteiger partial charge < -0.3 is 19.3 Å². The number of aromatic amines is 1. The fraction of sp³-hybridized carbons (Fsp3) is 0.474. The highest BCUT2D eigenvalue weighted by Gasteiger charge is 2.32. The highest BCUT2D eigenvalue weighted by molar-refractivity contribution is 5.76.